The van der Waals surface area contributed by atoms with Crippen molar-refractivity contribution < 1.29 is 9.21 Å². The molecule has 0 aliphatic carbocycles. The lowest BCUT2D eigenvalue weighted by Gasteiger charge is -2.02. The quantitative estimate of drug-likeness (QED) is 0.352. The van der Waals surface area contributed by atoms with Crippen molar-refractivity contribution in [3.8, 4) is 0 Å². The number of carbonyl (C=O) groups is 1. The highest BCUT2D eigenvalue weighted by Crippen LogP contribution is 2.21. The molecule has 8 heteroatoms. The minimum atomic E-state index is -0.128. The number of nitrogens with zero attached hydrogens (tertiary/aromatic N) is 2. The van der Waals surface area contributed by atoms with E-state index >= 15 is 0 Å². The molecule has 0 atom stereocenters. The van der Waals surface area contributed by atoms with Gasteiger partial charge >= 0.3 is 6.01 Å². The van der Waals surface area contributed by atoms with Gasteiger partial charge in [0, 0.05) is 21.2 Å². The Bertz CT molecular complexity index is 899. The highest BCUT2D eigenvalue weighted by Gasteiger charge is 2.10. The van der Waals surface area contributed by atoms with Crippen molar-refractivity contribution in [2.45, 2.75) is 29.1 Å². The number of thioether (sulfide) groups is 2. The molecule has 0 fully saturated rings. The molecule has 1 heterocycles. The monoisotopic (exact) mass is 433 g/mol. The molecule has 2 aromatic carbocycles. The number of benzene rings is 2. The summed E-state index contributed by atoms with van der Waals surface area (Å²) >= 11 is 9.26. The lowest BCUT2D eigenvalue weighted by Crippen LogP contribution is -2.11. The van der Waals surface area contributed by atoms with Gasteiger partial charge in [0.15, 0.2) is 0 Å². The first kappa shape index (κ1) is 20.8. The molecule has 0 aliphatic rings. The third-order valence-electron chi connectivity index (χ3n) is 3.86. The number of nitrogens with one attached hydrogen (secondary N) is 1. The zero-order valence-electron chi connectivity index (χ0n) is 15.4. The van der Waals surface area contributed by atoms with E-state index in [1.807, 2.05) is 42.7 Å². The largest absolute Gasteiger partial charge is 0.407 e. The van der Waals surface area contributed by atoms with Crippen LogP contribution in [0.5, 0.6) is 0 Å². The van der Waals surface area contributed by atoms with Crippen LogP contribution in [0.3, 0.4) is 0 Å². The fourth-order valence-electron chi connectivity index (χ4n) is 2.43. The Labute approximate surface area is 177 Å². The molecule has 0 saturated heterocycles. The molecule has 0 bridgehead atoms. The van der Waals surface area contributed by atoms with Gasteiger partial charge < -0.3 is 4.42 Å². The van der Waals surface area contributed by atoms with Gasteiger partial charge in [0.05, 0.1) is 6.42 Å². The molecular formula is C20H20ClN3O2S2. The minimum absolute atomic E-state index is 0.128. The van der Waals surface area contributed by atoms with E-state index in [0.29, 0.717) is 18.7 Å². The molecule has 3 rings (SSSR count). The topological polar surface area (TPSA) is 68.0 Å². The van der Waals surface area contributed by atoms with Gasteiger partial charge in [0.25, 0.3) is 0 Å². The van der Waals surface area contributed by atoms with Crippen LogP contribution in [0.4, 0.5) is 6.01 Å². The number of carbonyl (C=O) groups excluding carboxylic acids is 1. The number of amides is 1. The first-order valence-electron chi connectivity index (χ1n) is 8.76. The Morgan fingerprint density at radius 3 is 2.50 bits per heavy atom. The van der Waals surface area contributed by atoms with Crippen LogP contribution < -0.4 is 5.32 Å². The van der Waals surface area contributed by atoms with E-state index in [4.69, 9.17) is 16.0 Å². The van der Waals surface area contributed by atoms with E-state index < -0.39 is 0 Å². The predicted octanol–water partition coefficient (Wildman–Crippen LogP) is 5.55. The Hall–Kier alpha value is -1.96. The summed E-state index contributed by atoms with van der Waals surface area (Å²) in [5.41, 5.74) is 1.08. The van der Waals surface area contributed by atoms with Crippen LogP contribution in [0.15, 0.2) is 62.7 Å². The van der Waals surface area contributed by atoms with E-state index in [2.05, 4.69) is 27.6 Å². The first-order valence-corrected chi connectivity index (χ1v) is 11.3. The molecule has 0 aliphatic heterocycles. The minimum Gasteiger partial charge on any atom is -0.407 e. The standard InChI is InChI=1S/C20H20ClN3O2S2/c1-27-16-8-4-14(5-9-16)13-19-23-24-20(26-19)22-18(25)3-2-12-28-17-10-6-15(21)7-11-17/h4-11H,2-3,12-13H2,1H3,(H,22,24,25). The maximum absolute atomic E-state index is 12.0. The summed E-state index contributed by atoms with van der Waals surface area (Å²) in [5.74, 6) is 1.19. The van der Waals surface area contributed by atoms with Crippen LogP contribution >= 0.6 is 35.1 Å². The summed E-state index contributed by atoms with van der Waals surface area (Å²) in [5, 5.41) is 11.3. The van der Waals surface area contributed by atoms with Gasteiger partial charge in [-0.05, 0) is 60.4 Å². The van der Waals surface area contributed by atoms with E-state index in [0.717, 1.165) is 27.7 Å². The molecule has 0 spiro atoms. The van der Waals surface area contributed by atoms with Crippen molar-refractivity contribution in [1.29, 1.82) is 0 Å². The van der Waals surface area contributed by atoms with Crippen LogP contribution in [0, 0.1) is 0 Å². The van der Waals surface area contributed by atoms with Crippen LogP contribution in [-0.4, -0.2) is 28.1 Å². The van der Waals surface area contributed by atoms with Gasteiger partial charge in [-0.15, -0.1) is 28.6 Å². The zero-order chi connectivity index (χ0) is 19.8. The van der Waals surface area contributed by atoms with Crippen molar-refractivity contribution in [2.75, 3.05) is 17.3 Å². The van der Waals surface area contributed by atoms with Crippen molar-refractivity contribution in [3.63, 3.8) is 0 Å². The number of aromatic nitrogens is 2. The van der Waals surface area contributed by atoms with E-state index in [9.17, 15) is 4.79 Å². The Morgan fingerprint density at radius 2 is 1.79 bits per heavy atom. The van der Waals surface area contributed by atoms with Crippen LogP contribution in [0.1, 0.15) is 24.3 Å². The lowest BCUT2D eigenvalue weighted by molar-refractivity contribution is -0.116. The van der Waals surface area contributed by atoms with Crippen LogP contribution in [0.25, 0.3) is 0 Å². The fraction of sp³-hybridized carbons (Fsp3) is 0.250. The van der Waals surface area contributed by atoms with Gasteiger partial charge in [-0.1, -0.05) is 28.8 Å². The number of hydrogen-bond donors (Lipinski definition) is 1. The first-order chi connectivity index (χ1) is 13.6. The number of halogens is 1. The molecule has 3 aromatic rings. The highest BCUT2D eigenvalue weighted by molar-refractivity contribution is 7.99. The normalized spacial score (nSPS) is 10.8. The second kappa shape index (κ2) is 10.5. The predicted molar refractivity (Wildman–Crippen MR) is 115 cm³/mol. The molecule has 0 radical (unpaired) electrons. The smallest absolute Gasteiger partial charge is 0.322 e. The second-order valence-electron chi connectivity index (χ2n) is 5.98. The zero-order valence-corrected chi connectivity index (χ0v) is 17.7. The third kappa shape index (κ3) is 6.58. The number of anilines is 1. The maximum atomic E-state index is 12.0. The Balaban J connectivity index is 1.40. The van der Waals surface area contributed by atoms with Gasteiger partial charge in [-0.25, -0.2) is 0 Å². The van der Waals surface area contributed by atoms with Crippen LogP contribution in [0.2, 0.25) is 5.02 Å². The molecule has 146 valence electrons. The van der Waals surface area contributed by atoms with E-state index in [-0.39, 0.29) is 11.9 Å². The van der Waals surface area contributed by atoms with Gasteiger partial charge in [-0.2, -0.15) is 0 Å². The molecule has 5 nitrogen and oxygen atoms in total. The highest BCUT2D eigenvalue weighted by atomic mass is 35.5. The summed E-state index contributed by atoms with van der Waals surface area (Å²) in [4.78, 5) is 14.4. The second-order valence-corrected chi connectivity index (χ2v) is 8.46. The van der Waals surface area contributed by atoms with Crippen molar-refractivity contribution in [3.05, 3.63) is 65.0 Å². The molecule has 0 saturated carbocycles. The fourth-order valence-corrected chi connectivity index (χ4v) is 3.82. The Morgan fingerprint density at radius 1 is 1.07 bits per heavy atom. The summed E-state index contributed by atoms with van der Waals surface area (Å²) in [6.45, 7) is 0. The van der Waals surface area contributed by atoms with Gasteiger partial charge in [0.1, 0.15) is 0 Å². The van der Waals surface area contributed by atoms with Gasteiger partial charge in [-0.3, -0.25) is 10.1 Å². The Kier molecular flexibility index (Phi) is 7.82. The molecule has 0 unspecified atom stereocenters. The number of rotatable bonds is 9. The van der Waals surface area contributed by atoms with Crippen molar-refractivity contribution in [1.82, 2.24) is 10.2 Å². The lowest BCUT2D eigenvalue weighted by atomic mass is 10.1. The summed E-state index contributed by atoms with van der Waals surface area (Å²) in [7, 11) is 0. The maximum Gasteiger partial charge on any atom is 0.322 e. The van der Waals surface area contributed by atoms with E-state index in [1.165, 1.54) is 4.90 Å². The van der Waals surface area contributed by atoms with Gasteiger partial charge in [0.2, 0.25) is 11.8 Å². The molecule has 1 N–H and O–H groups in total. The molecule has 1 amide bonds. The molecule has 28 heavy (non-hydrogen) atoms. The average Bonchev–Trinajstić information content (AvgIpc) is 3.14. The summed E-state index contributed by atoms with van der Waals surface area (Å²) in [6.07, 6.45) is 3.73. The summed E-state index contributed by atoms with van der Waals surface area (Å²) in [6, 6.07) is 16.0. The third-order valence-corrected chi connectivity index (χ3v) is 5.95. The van der Waals surface area contributed by atoms with Crippen molar-refractivity contribution in [2.24, 2.45) is 0 Å². The molecule has 1 aromatic heterocycles. The SMILES string of the molecule is CSc1ccc(Cc2nnc(NC(=O)CCCSc3ccc(Cl)cc3)o2)cc1. The average molecular weight is 434 g/mol. The molecular weight excluding hydrogens is 414 g/mol. The van der Waals surface area contributed by atoms with Crippen LogP contribution in [-0.2, 0) is 11.2 Å². The number of hydrogen-bond acceptors (Lipinski definition) is 6. The van der Waals surface area contributed by atoms with Crippen molar-refractivity contribution >= 4 is 47.0 Å². The summed E-state index contributed by atoms with van der Waals surface area (Å²) < 4.78 is 5.52. The van der Waals surface area contributed by atoms with E-state index in [1.54, 1.807) is 23.5 Å².